The number of hydrogen-bond acceptors (Lipinski definition) is 5. The van der Waals surface area contributed by atoms with Gasteiger partial charge in [-0.15, -0.1) is 11.8 Å². The number of amides is 1. The smallest absolute Gasteiger partial charge is 0.230 e. The fourth-order valence-electron chi connectivity index (χ4n) is 3.01. The number of nitrogens with one attached hydrogen (secondary N) is 1. The monoisotopic (exact) mass is 384 g/mol. The number of benzene rings is 1. The molecule has 0 unspecified atom stereocenters. The van der Waals surface area contributed by atoms with Crippen molar-refractivity contribution < 1.29 is 4.79 Å². The summed E-state index contributed by atoms with van der Waals surface area (Å²) >= 11 is 1.59. The van der Waals surface area contributed by atoms with Crippen molar-refractivity contribution in [2.24, 2.45) is 0 Å². The molecule has 1 saturated heterocycles. The van der Waals surface area contributed by atoms with Crippen LogP contribution in [0.3, 0.4) is 0 Å². The van der Waals surface area contributed by atoms with Crippen LogP contribution in [0, 0.1) is 0 Å². The number of thioether (sulfide) groups is 1. The fourth-order valence-corrected chi connectivity index (χ4v) is 3.78. The van der Waals surface area contributed by atoms with E-state index in [1.54, 1.807) is 18.0 Å². The maximum Gasteiger partial charge on any atom is 0.230 e. The number of likely N-dealkylation sites (N-methyl/N-ethyl adjacent to an activating group) is 1. The van der Waals surface area contributed by atoms with Crippen molar-refractivity contribution in [1.29, 1.82) is 0 Å². The summed E-state index contributed by atoms with van der Waals surface area (Å²) in [4.78, 5) is 21.1. The van der Waals surface area contributed by atoms with Crippen LogP contribution in [0.1, 0.15) is 16.8 Å². The molecule has 144 valence electrons. The fraction of sp³-hybridized carbons (Fsp3) is 0.429. The lowest BCUT2D eigenvalue weighted by Crippen LogP contribution is -2.43. The van der Waals surface area contributed by atoms with Gasteiger partial charge in [0, 0.05) is 51.2 Å². The predicted octanol–water partition coefficient (Wildman–Crippen LogP) is 2.38. The highest BCUT2D eigenvalue weighted by Gasteiger charge is 2.13. The minimum atomic E-state index is 0.0671. The molecule has 0 saturated carbocycles. The van der Waals surface area contributed by atoms with Crippen molar-refractivity contribution in [1.82, 2.24) is 20.1 Å². The molecule has 1 aliphatic heterocycles. The first-order valence-corrected chi connectivity index (χ1v) is 10.6. The average molecular weight is 385 g/mol. The molecule has 1 N–H and O–H groups in total. The first-order valence-electron chi connectivity index (χ1n) is 9.42. The molecule has 27 heavy (non-hydrogen) atoms. The Hall–Kier alpha value is -1.89. The summed E-state index contributed by atoms with van der Waals surface area (Å²) in [7, 11) is 2.18. The Morgan fingerprint density at radius 1 is 1.07 bits per heavy atom. The highest BCUT2D eigenvalue weighted by Crippen LogP contribution is 2.11. The van der Waals surface area contributed by atoms with E-state index in [0.717, 1.165) is 49.7 Å². The molecule has 0 spiro atoms. The minimum Gasteiger partial charge on any atom is -0.351 e. The van der Waals surface area contributed by atoms with E-state index in [2.05, 4.69) is 51.4 Å². The van der Waals surface area contributed by atoms with Gasteiger partial charge in [-0.05, 0) is 30.3 Å². The Morgan fingerprint density at radius 3 is 2.52 bits per heavy atom. The second-order valence-corrected chi connectivity index (χ2v) is 7.97. The van der Waals surface area contributed by atoms with Gasteiger partial charge in [0.15, 0.2) is 0 Å². The molecule has 1 aliphatic rings. The summed E-state index contributed by atoms with van der Waals surface area (Å²) in [6.07, 6.45) is 1.78. The van der Waals surface area contributed by atoms with Crippen molar-refractivity contribution in [3.8, 4) is 0 Å². The van der Waals surface area contributed by atoms with E-state index in [0.29, 0.717) is 12.3 Å². The SMILES string of the molecule is CN1CCN(Cc2ccc(CNC(=O)CSCc3ccccn3)cc2)CC1. The molecule has 1 aromatic heterocycles. The lowest BCUT2D eigenvalue weighted by atomic mass is 10.1. The van der Waals surface area contributed by atoms with Crippen molar-refractivity contribution in [2.75, 3.05) is 39.0 Å². The molecule has 1 aromatic carbocycles. The molecule has 6 heteroatoms. The number of piperazine rings is 1. The number of pyridine rings is 1. The van der Waals surface area contributed by atoms with Crippen molar-refractivity contribution in [2.45, 2.75) is 18.8 Å². The number of carbonyl (C=O) groups excluding carboxylic acids is 1. The molecule has 2 aromatic rings. The van der Waals surface area contributed by atoms with E-state index in [4.69, 9.17) is 0 Å². The maximum absolute atomic E-state index is 12.0. The van der Waals surface area contributed by atoms with E-state index < -0.39 is 0 Å². The Morgan fingerprint density at radius 2 is 1.81 bits per heavy atom. The van der Waals surface area contributed by atoms with Crippen LogP contribution in [0.2, 0.25) is 0 Å². The zero-order valence-corrected chi connectivity index (χ0v) is 16.8. The molecular weight excluding hydrogens is 356 g/mol. The summed E-state index contributed by atoms with van der Waals surface area (Å²) in [5.41, 5.74) is 3.48. The van der Waals surface area contributed by atoms with Crippen LogP contribution in [-0.4, -0.2) is 59.7 Å². The molecule has 0 aliphatic carbocycles. The number of aromatic nitrogens is 1. The molecule has 1 amide bonds. The summed E-state index contributed by atoms with van der Waals surface area (Å²) in [5.74, 6) is 1.28. The van der Waals surface area contributed by atoms with Crippen molar-refractivity contribution in [3.63, 3.8) is 0 Å². The molecule has 0 radical (unpaired) electrons. The molecule has 0 bridgehead atoms. The lowest BCUT2D eigenvalue weighted by Gasteiger charge is -2.32. The third kappa shape index (κ3) is 6.97. The van der Waals surface area contributed by atoms with Crippen LogP contribution in [0.15, 0.2) is 48.7 Å². The van der Waals surface area contributed by atoms with Crippen LogP contribution in [0.4, 0.5) is 0 Å². The number of carbonyl (C=O) groups is 1. The van der Waals surface area contributed by atoms with Gasteiger partial charge in [0.05, 0.1) is 11.4 Å². The van der Waals surface area contributed by atoms with Crippen LogP contribution in [0.25, 0.3) is 0 Å². The average Bonchev–Trinajstić information content (AvgIpc) is 2.70. The third-order valence-electron chi connectivity index (χ3n) is 4.72. The van der Waals surface area contributed by atoms with Gasteiger partial charge >= 0.3 is 0 Å². The molecule has 2 heterocycles. The third-order valence-corrected chi connectivity index (χ3v) is 5.69. The highest BCUT2D eigenvalue weighted by molar-refractivity contribution is 7.99. The summed E-state index contributed by atoms with van der Waals surface area (Å²) in [6, 6.07) is 14.4. The van der Waals surface area contributed by atoms with Gasteiger partial charge in [0.2, 0.25) is 5.91 Å². The number of rotatable bonds is 8. The largest absolute Gasteiger partial charge is 0.351 e. The Kier molecular flexibility index (Phi) is 7.68. The van der Waals surface area contributed by atoms with Crippen molar-refractivity contribution >= 4 is 17.7 Å². The summed E-state index contributed by atoms with van der Waals surface area (Å²) < 4.78 is 0. The van der Waals surface area contributed by atoms with Gasteiger partial charge in [0.25, 0.3) is 0 Å². The van der Waals surface area contributed by atoms with E-state index >= 15 is 0 Å². The van der Waals surface area contributed by atoms with Gasteiger partial charge in [0.1, 0.15) is 0 Å². The summed E-state index contributed by atoms with van der Waals surface area (Å²) in [5, 5.41) is 2.99. The van der Waals surface area contributed by atoms with Gasteiger partial charge in [-0.2, -0.15) is 0 Å². The predicted molar refractivity (Wildman–Crippen MR) is 111 cm³/mol. The van der Waals surface area contributed by atoms with Gasteiger partial charge in [-0.25, -0.2) is 0 Å². The van der Waals surface area contributed by atoms with E-state index in [-0.39, 0.29) is 5.91 Å². The maximum atomic E-state index is 12.0. The molecule has 3 rings (SSSR count). The number of hydrogen-bond donors (Lipinski definition) is 1. The minimum absolute atomic E-state index is 0.0671. The molecule has 0 atom stereocenters. The van der Waals surface area contributed by atoms with Crippen LogP contribution < -0.4 is 5.32 Å². The summed E-state index contributed by atoms with van der Waals surface area (Å²) in [6.45, 7) is 6.13. The first kappa shape index (κ1) is 19.9. The zero-order valence-electron chi connectivity index (χ0n) is 15.9. The Labute approximate surface area is 166 Å². The molecular formula is C21H28N4OS. The van der Waals surface area contributed by atoms with Gasteiger partial charge in [-0.3, -0.25) is 14.7 Å². The Bertz CT molecular complexity index is 700. The quantitative estimate of drug-likeness (QED) is 0.757. The second kappa shape index (κ2) is 10.4. The zero-order chi connectivity index (χ0) is 18.9. The second-order valence-electron chi connectivity index (χ2n) is 6.99. The molecule has 1 fully saturated rings. The van der Waals surface area contributed by atoms with Gasteiger partial charge < -0.3 is 10.2 Å². The highest BCUT2D eigenvalue weighted by atomic mass is 32.2. The van der Waals surface area contributed by atoms with Crippen LogP contribution >= 0.6 is 11.8 Å². The standard InChI is InChI=1S/C21H28N4OS/c1-24-10-12-25(13-11-24)15-19-7-5-18(6-8-19)14-23-21(26)17-27-16-20-4-2-3-9-22-20/h2-9H,10-17H2,1H3,(H,23,26). The van der Waals surface area contributed by atoms with E-state index in [1.165, 1.54) is 5.56 Å². The number of nitrogens with zero attached hydrogens (tertiary/aromatic N) is 3. The molecule has 5 nitrogen and oxygen atoms in total. The topological polar surface area (TPSA) is 48.5 Å². The van der Waals surface area contributed by atoms with E-state index in [9.17, 15) is 4.79 Å². The van der Waals surface area contributed by atoms with E-state index in [1.807, 2.05) is 18.2 Å². The normalized spacial score (nSPS) is 15.6. The van der Waals surface area contributed by atoms with Crippen LogP contribution in [-0.2, 0) is 23.6 Å². The first-order chi connectivity index (χ1) is 13.2. The Balaban J connectivity index is 1.35. The van der Waals surface area contributed by atoms with Crippen molar-refractivity contribution in [3.05, 3.63) is 65.5 Å². The lowest BCUT2D eigenvalue weighted by molar-refractivity contribution is -0.118. The van der Waals surface area contributed by atoms with Gasteiger partial charge in [-0.1, -0.05) is 30.3 Å². The van der Waals surface area contributed by atoms with Crippen LogP contribution in [0.5, 0.6) is 0 Å².